The Hall–Kier alpha value is -3.92. The van der Waals surface area contributed by atoms with Gasteiger partial charge < -0.3 is 9.47 Å². The van der Waals surface area contributed by atoms with Crippen LogP contribution in [0.3, 0.4) is 0 Å². The molecule has 4 nitrogen and oxygen atoms in total. The van der Waals surface area contributed by atoms with E-state index in [1.165, 1.54) is 11.1 Å². The first kappa shape index (κ1) is 20.0. The number of benzene rings is 4. The molecular formula is C28H24N2O2. The smallest absolute Gasteiger partial charge is 0.119 e. The molecule has 0 amide bonds. The van der Waals surface area contributed by atoms with Crippen molar-refractivity contribution in [1.29, 1.82) is 0 Å². The van der Waals surface area contributed by atoms with Gasteiger partial charge in [0.2, 0.25) is 0 Å². The number of aromatic nitrogens is 2. The summed E-state index contributed by atoms with van der Waals surface area (Å²) in [6, 6.07) is 24.8. The van der Waals surface area contributed by atoms with Crippen LogP contribution in [0.25, 0.3) is 44.3 Å². The molecule has 1 aromatic heterocycles. The standard InChI is InChI=1S/C28H24N2O2/c1-17-13-21(31-3)7-9-23(17)19-5-11-25-27(15-19)29-26-12-6-20(16-28(26)30-25)24-10-8-22(32-4)14-18(24)2/h5-16H,1-4H3. The number of methoxy groups -OCH3 is 2. The maximum atomic E-state index is 5.34. The lowest BCUT2D eigenvalue weighted by Crippen LogP contribution is -1.92. The molecule has 0 unspecified atom stereocenters. The fraction of sp³-hybridized carbons (Fsp3) is 0.143. The number of aryl methyl sites for hydroxylation is 2. The minimum absolute atomic E-state index is 0.862. The van der Waals surface area contributed by atoms with Crippen LogP contribution in [0.1, 0.15) is 11.1 Å². The summed E-state index contributed by atoms with van der Waals surface area (Å²) in [5.74, 6) is 1.72. The Morgan fingerprint density at radius 3 is 1.31 bits per heavy atom. The first-order chi connectivity index (χ1) is 15.6. The van der Waals surface area contributed by atoms with Crippen molar-refractivity contribution in [1.82, 2.24) is 9.97 Å². The van der Waals surface area contributed by atoms with E-state index >= 15 is 0 Å². The molecule has 0 N–H and O–H groups in total. The second-order valence-corrected chi connectivity index (χ2v) is 7.99. The van der Waals surface area contributed by atoms with Crippen LogP contribution >= 0.6 is 0 Å². The van der Waals surface area contributed by atoms with Gasteiger partial charge in [0.25, 0.3) is 0 Å². The third kappa shape index (κ3) is 3.54. The molecule has 1 heterocycles. The number of hydrogen-bond donors (Lipinski definition) is 0. The van der Waals surface area contributed by atoms with Gasteiger partial charge in [-0.1, -0.05) is 24.3 Å². The van der Waals surface area contributed by atoms with Crippen molar-refractivity contribution >= 4 is 22.1 Å². The van der Waals surface area contributed by atoms with E-state index in [0.29, 0.717) is 0 Å². The lowest BCUT2D eigenvalue weighted by molar-refractivity contribution is 0.414. The zero-order valence-corrected chi connectivity index (χ0v) is 18.6. The van der Waals surface area contributed by atoms with E-state index < -0.39 is 0 Å². The molecule has 4 aromatic carbocycles. The average molecular weight is 421 g/mol. The summed E-state index contributed by atoms with van der Waals surface area (Å²) >= 11 is 0. The zero-order chi connectivity index (χ0) is 22.2. The highest BCUT2D eigenvalue weighted by molar-refractivity contribution is 5.91. The highest BCUT2D eigenvalue weighted by Crippen LogP contribution is 2.31. The molecule has 0 radical (unpaired) electrons. The summed E-state index contributed by atoms with van der Waals surface area (Å²) in [6.45, 7) is 4.19. The van der Waals surface area contributed by atoms with Gasteiger partial charge >= 0.3 is 0 Å². The van der Waals surface area contributed by atoms with E-state index in [1.807, 2.05) is 36.4 Å². The Labute approximate surface area is 187 Å². The topological polar surface area (TPSA) is 44.2 Å². The van der Waals surface area contributed by atoms with Gasteiger partial charge in [-0.05, 0) is 95.8 Å². The molecule has 0 saturated carbocycles. The molecule has 32 heavy (non-hydrogen) atoms. The van der Waals surface area contributed by atoms with E-state index in [-0.39, 0.29) is 0 Å². The molecule has 0 bridgehead atoms. The predicted octanol–water partition coefficient (Wildman–Crippen LogP) is 6.75. The minimum atomic E-state index is 0.862. The van der Waals surface area contributed by atoms with E-state index in [9.17, 15) is 0 Å². The van der Waals surface area contributed by atoms with Gasteiger partial charge in [-0.15, -0.1) is 0 Å². The van der Waals surface area contributed by atoms with Crippen LogP contribution in [0, 0.1) is 13.8 Å². The van der Waals surface area contributed by atoms with Crippen molar-refractivity contribution in [3.63, 3.8) is 0 Å². The normalized spacial score (nSPS) is 11.1. The Balaban J connectivity index is 1.58. The fourth-order valence-electron chi connectivity index (χ4n) is 4.18. The summed E-state index contributed by atoms with van der Waals surface area (Å²) in [6.07, 6.45) is 0. The summed E-state index contributed by atoms with van der Waals surface area (Å²) in [4.78, 5) is 9.81. The van der Waals surface area contributed by atoms with Crippen molar-refractivity contribution < 1.29 is 9.47 Å². The highest BCUT2D eigenvalue weighted by Gasteiger charge is 2.09. The fourth-order valence-corrected chi connectivity index (χ4v) is 4.18. The van der Waals surface area contributed by atoms with Crippen LogP contribution in [-0.2, 0) is 0 Å². The zero-order valence-electron chi connectivity index (χ0n) is 18.6. The molecule has 0 spiro atoms. The van der Waals surface area contributed by atoms with E-state index in [4.69, 9.17) is 19.4 Å². The van der Waals surface area contributed by atoms with E-state index in [2.05, 4.69) is 50.2 Å². The first-order valence-corrected chi connectivity index (χ1v) is 10.6. The molecule has 0 aliphatic heterocycles. The van der Waals surface area contributed by atoms with Crippen LogP contribution in [0.2, 0.25) is 0 Å². The van der Waals surface area contributed by atoms with Crippen LogP contribution < -0.4 is 9.47 Å². The maximum absolute atomic E-state index is 5.34. The van der Waals surface area contributed by atoms with Crippen molar-refractivity contribution in [2.24, 2.45) is 0 Å². The number of rotatable bonds is 4. The van der Waals surface area contributed by atoms with Crippen molar-refractivity contribution in [2.75, 3.05) is 14.2 Å². The van der Waals surface area contributed by atoms with Crippen molar-refractivity contribution in [3.8, 4) is 33.8 Å². The van der Waals surface area contributed by atoms with Gasteiger partial charge in [0.05, 0.1) is 36.3 Å². The monoisotopic (exact) mass is 420 g/mol. The molecule has 0 atom stereocenters. The summed E-state index contributed by atoms with van der Waals surface area (Å²) < 4.78 is 10.7. The SMILES string of the molecule is COc1ccc(-c2ccc3nc4cc(-c5ccc(OC)cc5C)ccc4nc3c2)c(C)c1. The Morgan fingerprint density at radius 1 is 0.500 bits per heavy atom. The highest BCUT2D eigenvalue weighted by atomic mass is 16.5. The number of hydrogen-bond acceptors (Lipinski definition) is 4. The number of fused-ring (bicyclic) bond motifs is 2. The molecular weight excluding hydrogens is 396 g/mol. The van der Waals surface area contributed by atoms with Gasteiger partial charge in [-0.25, -0.2) is 9.97 Å². The maximum Gasteiger partial charge on any atom is 0.119 e. The largest absolute Gasteiger partial charge is 0.497 e. The summed E-state index contributed by atoms with van der Waals surface area (Å²) in [5, 5.41) is 0. The summed E-state index contributed by atoms with van der Waals surface area (Å²) in [7, 11) is 3.37. The number of nitrogens with zero attached hydrogens (tertiary/aromatic N) is 2. The van der Waals surface area contributed by atoms with Crippen LogP contribution in [0.4, 0.5) is 0 Å². The Kier molecular flexibility index (Phi) is 4.98. The van der Waals surface area contributed by atoms with Crippen LogP contribution in [-0.4, -0.2) is 24.2 Å². The Bertz CT molecular complexity index is 1360. The van der Waals surface area contributed by atoms with Gasteiger partial charge in [-0.2, -0.15) is 0 Å². The molecule has 0 fully saturated rings. The molecule has 0 aliphatic rings. The third-order valence-electron chi connectivity index (χ3n) is 5.92. The second-order valence-electron chi connectivity index (χ2n) is 7.99. The lowest BCUT2D eigenvalue weighted by Gasteiger charge is -2.11. The van der Waals surface area contributed by atoms with Gasteiger partial charge in [0.1, 0.15) is 11.5 Å². The number of ether oxygens (including phenoxy) is 2. The lowest BCUT2D eigenvalue weighted by atomic mass is 9.99. The van der Waals surface area contributed by atoms with Crippen molar-refractivity contribution in [3.05, 3.63) is 83.9 Å². The van der Waals surface area contributed by atoms with Crippen LogP contribution in [0.5, 0.6) is 11.5 Å². The summed E-state index contributed by atoms with van der Waals surface area (Å²) in [5.41, 5.74) is 10.5. The second kappa shape index (κ2) is 7.97. The van der Waals surface area contributed by atoms with Gasteiger partial charge in [-0.3, -0.25) is 0 Å². The predicted molar refractivity (Wildman–Crippen MR) is 130 cm³/mol. The quantitative estimate of drug-likeness (QED) is 0.302. The molecule has 5 aromatic rings. The molecule has 0 aliphatic carbocycles. The van der Waals surface area contributed by atoms with E-state index in [1.54, 1.807) is 14.2 Å². The first-order valence-electron chi connectivity index (χ1n) is 10.6. The van der Waals surface area contributed by atoms with Gasteiger partial charge in [0, 0.05) is 0 Å². The van der Waals surface area contributed by atoms with E-state index in [0.717, 1.165) is 55.8 Å². The van der Waals surface area contributed by atoms with Gasteiger partial charge in [0.15, 0.2) is 0 Å². The third-order valence-corrected chi connectivity index (χ3v) is 5.92. The molecule has 5 rings (SSSR count). The molecule has 0 saturated heterocycles. The van der Waals surface area contributed by atoms with Crippen molar-refractivity contribution in [2.45, 2.75) is 13.8 Å². The minimum Gasteiger partial charge on any atom is -0.497 e. The average Bonchev–Trinajstić information content (AvgIpc) is 2.82. The Morgan fingerprint density at radius 2 is 0.938 bits per heavy atom. The van der Waals surface area contributed by atoms with Crippen LogP contribution in [0.15, 0.2) is 72.8 Å². The molecule has 158 valence electrons. The molecule has 4 heteroatoms.